The van der Waals surface area contributed by atoms with Crippen molar-refractivity contribution in [2.24, 2.45) is 4.99 Å². The van der Waals surface area contributed by atoms with Crippen LogP contribution in [-0.2, 0) is 4.74 Å². The first-order valence-corrected chi connectivity index (χ1v) is 8.63. The fourth-order valence-corrected chi connectivity index (χ4v) is 2.55. The van der Waals surface area contributed by atoms with Crippen molar-refractivity contribution >= 4 is 41.7 Å². The van der Waals surface area contributed by atoms with Gasteiger partial charge in [-0.15, -0.1) is 35.7 Å². The predicted molar refractivity (Wildman–Crippen MR) is 108 cm³/mol. The lowest BCUT2D eigenvalue weighted by molar-refractivity contribution is 0.152. The maximum absolute atomic E-state index is 5.31. The molecule has 4 nitrogen and oxygen atoms in total. The predicted octanol–water partition coefficient (Wildman–Crippen LogP) is 3.38. The fraction of sp³-hybridized carbons (Fsp3) is 0.562. The summed E-state index contributed by atoms with van der Waals surface area (Å²) in [5.74, 6) is 1.97. The molecule has 0 saturated heterocycles. The smallest absolute Gasteiger partial charge is 0.191 e. The molecule has 0 heterocycles. The van der Waals surface area contributed by atoms with Crippen molar-refractivity contribution in [2.75, 3.05) is 38.6 Å². The lowest BCUT2D eigenvalue weighted by atomic mass is 10.4. The van der Waals surface area contributed by atoms with Gasteiger partial charge < -0.3 is 15.4 Å². The average Bonchev–Trinajstić information content (AvgIpc) is 2.52. The molecule has 0 saturated carbocycles. The van der Waals surface area contributed by atoms with Crippen LogP contribution in [-0.4, -0.2) is 44.6 Å². The minimum Gasteiger partial charge on any atom is -0.380 e. The van der Waals surface area contributed by atoms with Crippen LogP contribution in [0.5, 0.6) is 0 Å². The Kier molecular flexibility index (Phi) is 15.1. The van der Waals surface area contributed by atoms with E-state index < -0.39 is 0 Å². The molecule has 0 unspecified atom stereocenters. The molecule has 0 aliphatic heterocycles. The topological polar surface area (TPSA) is 45.7 Å². The second-order valence-corrected chi connectivity index (χ2v) is 5.57. The zero-order chi connectivity index (χ0) is 15.2. The quantitative estimate of drug-likeness (QED) is 0.194. The van der Waals surface area contributed by atoms with Crippen LogP contribution >= 0.6 is 35.7 Å². The summed E-state index contributed by atoms with van der Waals surface area (Å²) in [5, 5.41) is 6.52. The zero-order valence-electron chi connectivity index (χ0n) is 13.5. The van der Waals surface area contributed by atoms with Gasteiger partial charge in [-0.05, 0) is 38.2 Å². The van der Waals surface area contributed by atoms with Gasteiger partial charge in [-0.25, -0.2) is 0 Å². The van der Waals surface area contributed by atoms with E-state index in [9.17, 15) is 0 Å². The number of ether oxygens (including phenoxy) is 1. The number of rotatable bonds is 10. The van der Waals surface area contributed by atoms with E-state index in [1.807, 2.05) is 24.8 Å². The van der Waals surface area contributed by atoms with Gasteiger partial charge in [0, 0.05) is 31.1 Å². The van der Waals surface area contributed by atoms with E-state index in [0.29, 0.717) is 6.61 Å². The Balaban J connectivity index is 0.00000441. The average molecular weight is 437 g/mol. The minimum atomic E-state index is 0. The van der Waals surface area contributed by atoms with Crippen LogP contribution in [0.4, 0.5) is 0 Å². The van der Waals surface area contributed by atoms with E-state index in [1.54, 1.807) is 0 Å². The van der Waals surface area contributed by atoms with Crippen LogP contribution < -0.4 is 10.6 Å². The second kappa shape index (κ2) is 15.4. The Morgan fingerprint density at radius 3 is 2.64 bits per heavy atom. The number of guanidine groups is 1. The number of halogens is 1. The van der Waals surface area contributed by atoms with Crippen molar-refractivity contribution in [3.63, 3.8) is 0 Å². The SMILES string of the molecule is CCNC(=NCCCSc1ccccc1)NCCOCC.I. The molecule has 0 atom stereocenters. The van der Waals surface area contributed by atoms with Gasteiger partial charge in [-0.2, -0.15) is 0 Å². The third-order valence-corrected chi connectivity index (χ3v) is 3.77. The number of benzene rings is 1. The van der Waals surface area contributed by atoms with Crippen molar-refractivity contribution in [1.29, 1.82) is 0 Å². The molecule has 0 radical (unpaired) electrons. The van der Waals surface area contributed by atoms with Crippen LogP contribution in [0.3, 0.4) is 0 Å². The van der Waals surface area contributed by atoms with E-state index in [1.165, 1.54) is 4.90 Å². The number of hydrogen-bond acceptors (Lipinski definition) is 3. The van der Waals surface area contributed by atoms with Gasteiger partial charge in [-0.1, -0.05) is 18.2 Å². The summed E-state index contributed by atoms with van der Waals surface area (Å²) in [5.41, 5.74) is 0. The molecule has 6 heteroatoms. The lowest BCUT2D eigenvalue weighted by Gasteiger charge is -2.11. The van der Waals surface area contributed by atoms with Gasteiger partial charge in [0.25, 0.3) is 0 Å². The summed E-state index contributed by atoms with van der Waals surface area (Å²) in [7, 11) is 0. The molecular weight excluding hydrogens is 409 g/mol. The van der Waals surface area contributed by atoms with Gasteiger partial charge in [0.2, 0.25) is 0 Å². The third-order valence-electron chi connectivity index (χ3n) is 2.67. The van der Waals surface area contributed by atoms with Gasteiger partial charge in [-0.3, -0.25) is 4.99 Å². The summed E-state index contributed by atoms with van der Waals surface area (Å²) in [6.07, 6.45) is 1.07. The third kappa shape index (κ3) is 11.1. The molecular formula is C16H28IN3OS. The minimum absolute atomic E-state index is 0. The number of nitrogens with one attached hydrogen (secondary N) is 2. The molecule has 0 bridgehead atoms. The molecule has 1 aromatic rings. The normalized spacial score (nSPS) is 10.9. The largest absolute Gasteiger partial charge is 0.380 e. The van der Waals surface area contributed by atoms with Gasteiger partial charge in [0.15, 0.2) is 5.96 Å². The molecule has 0 fully saturated rings. The molecule has 0 aliphatic rings. The number of aliphatic imine (C=N–C) groups is 1. The van der Waals surface area contributed by atoms with Crippen molar-refractivity contribution in [3.05, 3.63) is 30.3 Å². The maximum Gasteiger partial charge on any atom is 0.191 e. The zero-order valence-corrected chi connectivity index (χ0v) is 16.7. The van der Waals surface area contributed by atoms with Crippen molar-refractivity contribution in [1.82, 2.24) is 10.6 Å². The van der Waals surface area contributed by atoms with Crippen LogP contribution in [0.2, 0.25) is 0 Å². The summed E-state index contributed by atoms with van der Waals surface area (Å²) in [6, 6.07) is 10.5. The number of thioether (sulfide) groups is 1. The van der Waals surface area contributed by atoms with E-state index in [4.69, 9.17) is 4.74 Å². The Morgan fingerprint density at radius 2 is 1.95 bits per heavy atom. The Bertz CT molecular complexity index is 390. The summed E-state index contributed by atoms with van der Waals surface area (Å²) in [6.45, 7) is 8.05. The fourth-order valence-electron chi connectivity index (χ4n) is 1.69. The van der Waals surface area contributed by atoms with Gasteiger partial charge >= 0.3 is 0 Å². The molecule has 1 rings (SSSR count). The van der Waals surface area contributed by atoms with Gasteiger partial charge in [0.05, 0.1) is 6.61 Å². The highest BCUT2D eigenvalue weighted by Crippen LogP contribution is 2.17. The molecule has 0 aliphatic carbocycles. The Labute approximate surface area is 155 Å². The second-order valence-electron chi connectivity index (χ2n) is 4.40. The Hall–Kier alpha value is -0.470. The van der Waals surface area contributed by atoms with Crippen LogP contribution in [0.25, 0.3) is 0 Å². The highest BCUT2D eigenvalue weighted by atomic mass is 127. The van der Waals surface area contributed by atoms with E-state index in [0.717, 1.165) is 44.4 Å². The molecule has 0 aromatic heterocycles. The van der Waals surface area contributed by atoms with E-state index in [-0.39, 0.29) is 24.0 Å². The van der Waals surface area contributed by atoms with Crippen LogP contribution in [0.15, 0.2) is 40.2 Å². The summed E-state index contributed by atoms with van der Waals surface area (Å²) in [4.78, 5) is 5.89. The first-order valence-electron chi connectivity index (χ1n) is 7.64. The molecule has 2 N–H and O–H groups in total. The highest BCUT2D eigenvalue weighted by molar-refractivity contribution is 14.0. The lowest BCUT2D eigenvalue weighted by Crippen LogP contribution is -2.39. The first kappa shape index (κ1) is 21.5. The summed E-state index contributed by atoms with van der Waals surface area (Å²) >= 11 is 1.88. The monoisotopic (exact) mass is 437 g/mol. The van der Waals surface area contributed by atoms with Crippen LogP contribution in [0, 0.1) is 0 Å². The maximum atomic E-state index is 5.31. The van der Waals surface area contributed by atoms with E-state index in [2.05, 4.69) is 46.8 Å². The molecule has 0 amide bonds. The summed E-state index contributed by atoms with van der Waals surface area (Å²) < 4.78 is 5.31. The molecule has 1 aromatic carbocycles. The molecule has 0 spiro atoms. The van der Waals surface area contributed by atoms with Crippen molar-refractivity contribution in [2.45, 2.75) is 25.2 Å². The molecule has 22 heavy (non-hydrogen) atoms. The highest BCUT2D eigenvalue weighted by Gasteiger charge is 1.97. The Morgan fingerprint density at radius 1 is 1.18 bits per heavy atom. The van der Waals surface area contributed by atoms with Crippen molar-refractivity contribution < 1.29 is 4.74 Å². The number of nitrogens with zero attached hydrogens (tertiary/aromatic N) is 1. The standard InChI is InChI=1S/C16H27N3OS.HI/c1-3-17-16(19-12-13-20-4-2)18-11-8-14-21-15-9-6-5-7-10-15;/h5-7,9-10H,3-4,8,11-14H2,1-2H3,(H2,17,18,19);1H. The number of hydrogen-bond donors (Lipinski definition) is 2. The van der Waals surface area contributed by atoms with E-state index >= 15 is 0 Å². The first-order chi connectivity index (χ1) is 10.4. The van der Waals surface area contributed by atoms with Gasteiger partial charge in [0.1, 0.15) is 0 Å². The molecule has 126 valence electrons. The van der Waals surface area contributed by atoms with Crippen LogP contribution in [0.1, 0.15) is 20.3 Å². The van der Waals surface area contributed by atoms with Crippen molar-refractivity contribution in [3.8, 4) is 0 Å².